The molecule has 0 aliphatic carbocycles. The summed E-state index contributed by atoms with van der Waals surface area (Å²) in [7, 11) is 0. The molecule has 1 N–H and O–H groups in total. The number of nitrogens with one attached hydrogen (secondary N) is 1. The van der Waals surface area contributed by atoms with Gasteiger partial charge in [-0.05, 0) is 30.5 Å². The SMILES string of the molecule is CCCOc1cccc(CC(=O)N2CCC(N3CCNCC3)C2)c1.Cl. The highest BCUT2D eigenvalue weighted by molar-refractivity contribution is 5.85. The topological polar surface area (TPSA) is 44.8 Å². The van der Waals surface area contributed by atoms with Crippen LogP contribution in [0, 0.1) is 0 Å². The van der Waals surface area contributed by atoms with E-state index in [4.69, 9.17) is 4.74 Å². The molecular weight excluding hydrogens is 338 g/mol. The molecule has 2 aliphatic heterocycles. The van der Waals surface area contributed by atoms with Crippen LogP contribution in [0.25, 0.3) is 0 Å². The maximum absolute atomic E-state index is 12.6. The van der Waals surface area contributed by atoms with Crippen molar-refractivity contribution < 1.29 is 9.53 Å². The molecule has 25 heavy (non-hydrogen) atoms. The van der Waals surface area contributed by atoms with Crippen LogP contribution in [0.1, 0.15) is 25.3 Å². The second-order valence-electron chi connectivity index (χ2n) is 6.74. The average molecular weight is 368 g/mol. The summed E-state index contributed by atoms with van der Waals surface area (Å²) in [5.41, 5.74) is 1.04. The first-order chi connectivity index (χ1) is 11.8. The number of hydrogen-bond donors (Lipinski definition) is 1. The quantitative estimate of drug-likeness (QED) is 0.834. The number of carbonyl (C=O) groups excluding carboxylic acids is 1. The molecule has 5 nitrogen and oxygen atoms in total. The lowest BCUT2D eigenvalue weighted by Gasteiger charge is -2.32. The van der Waals surface area contributed by atoms with Crippen molar-refractivity contribution in [3.63, 3.8) is 0 Å². The summed E-state index contributed by atoms with van der Waals surface area (Å²) in [5.74, 6) is 1.10. The van der Waals surface area contributed by atoms with Crippen molar-refractivity contribution in [3.05, 3.63) is 29.8 Å². The molecule has 1 unspecified atom stereocenters. The molecule has 3 rings (SSSR count). The molecule has 1 aromatic carbocycles. The van der Waals surface area contributed by atoms with Gasteiger partial charge in [-0.3, -0.25) is 9.69 Å². The van der Waals surface area contributed by atoms with E-state index < -0.39 is 0 Å². The van der Waals surface area contributed by atoms with Crippen molar-refractivity contribution in [2.75, 3.05) is 45.9 Å². The van der Waals surface area contributed by atoms with Crippen molar-refractivity contribution in [2.24, 2.45) is 0 Å². The van der Waals surface area contributed by atoms with E-state index in [0.717, 1.165) is 70.0 Å². The summed E-state index contributed by atoms with van der Waals surface area (Å²) < 4.78 is 5.66. The van der Waals surface area contributed by atoms with Gasteiger partial charge >= 0.3 is 0 Å². The van der Waals surface area contributed by atoms with Crippen LogP contribution in [0.15, 0.2) is 24.3 Å². The first-order valence-corrected chi connectivity index (χ1v) is 9.20. The summed E-state index contributed by atoms with van der Waals surface area (Å²) in [6.07, 6.45) is 2.56. The number of amides is 1. The van der Waals surface area contributed by atoms with Crippen molar-refractivity contribution in [1.82, 2.24) is 15.1 Å². The molecule has 6 heteroatoms. The largest absolute Gasteiger partial charge is 0.494 e. The second-order valence-corrected chi connectivity index (χ2v) is 6.74. The molecule has 0 spiro atoms. The Hall–Kier alpha value is -1.30. The highest BCUT2D eigenvalue weighted by Gasteiger charge is 2.30. The molecule has 2 aliphatic rings. The minimum absolute atomic E-state index is 0. The molecule has 0 saturated carbocycles. The Morgan fingerprint density at radius 3 is 2.84 bits per heavy atom. The van der Waals surface area contributed by atoms with E-state index in [2.05, 4.69) is 17.1 Å². The van der Waals surface area contributed by atoms with Crippen LogP contribution < -0.4 is 10.1 Å². The lowest BCUT2D eigenvalue weighted by molar-refractivity contribution is -0.129. The van der Waals surface area contributed by atoms with E-state index in [9.17, 15) is 4.79 Å². The number of ether oxygens (including phenoxy) is 1. The maximum atomic E-state index is 12.6. The molecule has 0 aromatic heterocycles. The Morgan fingerprint density at radius 2 is 2.08 bits per heavy atom. The molecule has 0 radical (unpaired) electrons. The van der Waals surface area contributed by atoms with Gasteiger partial charge in [0.2, 0.25) is 5.91 Å². The number of piperazine rings is 1. The number of halogens is 1. The fourth-order valence-electron chi connectivity index (χ4n) is 3.57. The van der Waals surface area contributed by atoms with Gasteiger partial charge in [-0.15, -0.1) is 12.4 Å². The summed E-state index contributed by atoms with van der Waals surface area (Å²) in [6, 6.07) is 8.48. The standard InChI is InChI=1S/C19H29N3O2.ClH/c1-2-12-24-18-5-3-4-16(13-18)14-19(23)22-9-6-17(15-22)21-10-7-20-8-11-21;/h3-5,13,17,20H,2,6-12,14-15H2,1H3;1H. The van der Waals surface area contributed by atoms with Crippen molar-refractivity contribution >= 4 is 18.3 Å². The van der Waals surface area contributed by atoms with Gasteiger partial charge in [-0.1, -0.05) is 19.1 Å². The third-order valence-electron chi connectivity index (χ3n) is 4.91. The predicted octanol–water partition coefficient (Wildman–Crippen LogP) is 1.95. The van der Waals surface area contributed by atoms with Crippen LogP contribution in [0.5, 0.6) is 5.75 Å². The molecule has 2 saturated heterocycles. The van der Waals surface area contributed by atoms with Gasteiger partial charge in [0.05, 0.1) is 13.0 Å². The smallest absolute Gasteiger partial charge is 0.227 e. The Balaban J connectivity index is 0.00000225. The number of carbonyl (C=O) groups is 1. The van der Waals surface area contributed by atoms with E-state index in [1.165, 1.54) is 0 Å². The summed E-state index contributed by atoms with van der Waals surface area (Å²) in [6.45, 7) is 8.91. The van der Waals surface area contributed by atoms with Crippen LogP contribution in [-0.2, 0) is 11.2 Å². The second kappa shape index (κ2) is 10.00. The number of nitrogens with zero attached hydrogens (tertiary/aromatic N) is 2. The fraction of sp³-hybridized carbons (Fsp3) is 0.632. The van der Waals surface area contributed by atoms with Crippen LogP contribution in [-0.4, -0.2) is 67.6 Å². The summed E-state index contributed by atoms with van der Waals surface area (Å²) in [4.78, 5) is 17.2. The van der Waals surface area contributed by atoms with Gasteiger partial charge in [-0.25, -0.2) is 0 Å². The molecule has 1 amide bonds. The third-order valence-corrected chi connectivity index (χ3v) is 4.91. The average Bonchev–Trinajstić information content (AvgIpc) is 3.11. The Kier molecular flexibility index (Phi) is 8.00. The van der Waals surface area contributed by atoms with Crippen LogP contribution in [0.4, 0.5) is 0 Å². The van der Waals surface area contributed by atoms with Crippen LogP contribution >= 0.6 is 12.4 Å². The molecule has 2 fully saturated rings. The fourth-order valence-corrected chi connectivity index (χ4v) is 3.57. The summed E-state index contributed by atoms with van der Waals surface area (Å²) in [5, 5.41) is 3.39. The monoisotopic (exact) mass is 367 g/mol. The molecule has 0 bridgehead atoms. The number of hydrogen-bond acceptors (Lipinski definition) is 4. The number of likely N-dealkylation sites (tertiary alicyclic amines) is 1. The van der Waals surface area contributed by atoms with E-state index in [1.807, 2.05) is 29.2 Å². The Morgan fingerprint density at radius 1 is 1.28 bits per heavy atom. The van der Waals surface area contributed by atoms with Gasteiger partial charge in [0.25, 0.3) is 0 Å². The Labute approximate surface area is 157 Å². The zero-order chi connectivity index (χ0) is 16.8. The van der Waals surface area contributed by atoms with Crippen LogP contribution in [0.3, 0.4) is 0 Å². The van der Waals surface area contributed by atoms with E-state index in [-0.39, 0.29) is 18.3 Å². The van der Waals surface area contributed by atoms with Crippen molar-refractivity contribution in [2.45, 2.75) is 32.2 Å². The van der Waals surface area contributed by atoms with Gasteiger partial charge in [0, 0.05) is 45.3 Å². The van der Waals surface area contributed by atoms with Crippen LogP contribution in [0.2, 0.25) is 0 Å². The highest BCUT2D eigenvalue weighted by atomic mass is 35.5. The zero-order valence-corrected chi connectivity index (χ0v) is 15.9. The van der Waals surface area contributed by atoms with E-state index in [0.29, 0.717) is 12.5 Å². The first-order valence-electron chi connectivity index (χ1n) is 9.20. The number of benzene rings is 1. The first kappa shape index (κ1) is 20.0. The van der Waals surface area contributed by atoms with Crippen molar-refractivity contribution in [1.29, 1.82) is 0 Å². The lowest BCUT2D eigenvalue weighted by atomic mass is 10.1. The molecule has 1 atom stereocenters. The van der Waals surface area contributed by atoms with E-state index >= 15 is 0 Å². The summed E-state index contributed by atoms with van der Waals surface area (Å²) >= 11 is 0. The van der Waals surface area contributed by atoms with E-state index in [1.54, 1.807) is 0 Å². The molecular formula is C19H30ClN3O2. The van der Waals surface area contributed by atoms with Gasteiger partial charge < -0.3 is 15.0 Å². The minimum atomic E-state index is 0. The molecule has 2 heterocycles. The predicted molar refractivity (Wildman–Crippen MR) is 103 cm³/mol. The third kappa shape index (κ3) is 5.59. The molecule has 140 valence electrons. The van der Waals surface area contributed by atoms with Gasteiger partial charge in [-0.2, -0.15) is 0 Å². The Bertz CT molecular complexity index is 549. The minimum Gasteiger partial charge on any atom is -0.494 e. The molecule has 1 aromatic rings. The van der Waals surface area contributed by atoms with Crippen molar-refractivity contribution in [3.8, 4) is 5.75 Å². The maximum Gasteiger partial charge on any atom is 0.227 e. The number of rotatable bonds is 6. The zero-order valence-electron chi connectivity index (χ0n) is 15.1. The highest BCUT2D eigenvalue weighted by Crippen LogP contribution is 2.19. The normalized spacial score (nSPS) is 21.0. The lowest BCUT2D eigenvalue weighted by Crippen LogP contribution is -2.49. The van der Waals surface area contributed by atoms with Gasteiger partial charge in [0.15, 0.2) is 0 Å². The van der Waals surface area contributed by atoms with Gasteiger partial charge in [0.1, 0.15) is 5.75 Å².